The van der Waals surface area contributed by atoms with Crippen molar-refractivity contribution in [3.63, 3.8) is 0 Å². The van der Waals surface area contributed by atoms with Gasteiger partial charge in [0.1, 0.15) is 0 Å². The van der Waals surface area contributed by atoms with E-state index in [4.69, 9.17) is 19.8 Å². The molecular formula is C20H32N4O7S. The zero-order valence-corrected chi connectivity index (χ0v) is 19.7. The molecule has 0 aromatic heterocycles. The van der Waals surface area contributed by atoms with Crippen LogP contribution in [0.5, 0.6) is 0 Å². The molecule has 1 amide bonds. The number of amides is 1. The van der Waals surface area contributed by atoms with Crippen LogP contribution in [0.4, 0.5) is 5.69 Å². The molecule has 0 saturated carbocycles. The Morgan fingerprint density at radius 1 is 1.03 bits per heavy atom. The Morgan fingerprint density at radius 2 is 1.56 bits per heavy atom. The normalized spacial score (nSPS) is 15.0. The molecule has 1 aromatic carbocycles. The maximum absolute atomic E-state index is 12.7. The number of aryl methyl sites for hydroxylation is 1. The largest absolute Gasteiger partial charge is 0.473 e. The third-order valence-corrected chi connectivity index (χ3v) is 7.02. The lowest BCUT2D eigenvalue weighted by Crippen LogP contribution is -2.47. The van der Waals surface area contributed by atoms with Crippen molar-refractivity contribution in [2.24, 2.45) is 0 Å². The van der Waals surface area contributed by atoms with Gasteiger partial charge in [0.05, 0.1) is 11.4 Å². The van der Waals surface area contributed by atoms with Gasteiger partial charge in [0, 0.05) is 45.0 Å². The third-order valence-electron chi connectivity index (χ3n) is 4.97. The fourth-order valence-corrected chi connectivity index (χ4v) is 4.49. The molecule has 0 spiro atoms. The SMILES string of the molecule is CCN(CC)S(=O)(=O)c1ccc(C)c(NC(=O)CN2CCN(C)CC2)c1.O=C(O)C(=O)O. The first-order valence-electron chi connectivity index (χ1n) is 10.2. The summed E-state index contributed by atoms with van der Waals surface area (Å²) in [4.78, 5) is 35.2. The summed E-state index contributed by atoms with van der Waals surface area (Å²) in [6.45, 7) is 10.3. The zero-order chi connectivity index (χ0) is 24.5. The van der Waals surface area contributed by atoms with Crippen molar-refractivity contribution in [3.8, 4) is 0 Å². The smallest absolute Gasteiger partial charge is 0.414 e. The molecule has 12 heteroatoms. The average Bonchev–Trinajstić information content (AvgIpc) is 2.72. The number of benzene rings is 1. The van der Waals surface area contributed by atoms with Gasteiger partial charge in [-0.15, -0.1) is 0 Å². The number of nitrogens with one attached hydrogen (secondary N) is 1. The van der Waals surface area contributed by atoms with Gasteiger partial charge in [-0.05, 0) is 31.7 Å². The van der Waals surface area contributed by atoms with Crippen LogP contribution in [0.25, 0.3) is 0 Å². The van der Waals surface area contributed by atoms with Crippen LogP contribution in [0, 0.1) is 6.92 Å². The molecule has 180 valence electrons. The lowest BCUT2D eigenvalue weighted by atomic mass is 10.2. The second-order valence-corrected chi connectivity index (χ2v) is 9.24. The highest BCUT2D eigenvalue weighted by Gasteiger charge is 2.23. The summed E-state index contributed by atoms with van der Waals surface area (Å²) in [6.07, 6.45) is 0. The summed E-state index contributed by atoms with van der Waals surface area (Å²) in [7, 11) is -1.47. The zero-order valence-electron chi connectivity index (χ0n) is 18.9. The number of nitrogens with zero attached hydrogens (tertiary/aromatic N) is 3. The number of rotatable bonds is 7. The number of carbonyl (C=O) groups excluding carboxylic acids is 1. The van der Waals surface area contributed by atoms with Crippen molar-refractivity contribution < 1.29 is 33.0 Å². The van der Waals surface area contributed by atoms with Crippen LogP contribution in [-0.2, 0) is 24.4 Å². The summed E-state index contributed by atoms with van der Waals surface area (Å²) in [5, 5.41) is 17.7. The van der Waals surface area contributed by atoms with E-state index in [0.29, 0.717) is 25.3 Å². The molecule has 1 aromatic rings. The van der Waals surface area contributed by atoms with Crippen molar-refractivity contribution in [3.05, 3.63) is 23.8 Å². The first-order valence-corrected chi connectivity index (χ1v) is 11.6. The number of carbonyl (C=O) groups is 3. The van der Waals surface area contributed by atoms with Gasteiger partial charge in [-0.25, -0.2) is 18.0 Å². The molecule has 1 aliphatic rings. The quantitative estimate of drug-likeness (QED) is 0.479. The van der Waals surface area contributed by atoms with Gasteiger partial charge >= 0.3 is 11.9 Å². The Bertz CT molecular complexity index is 897. The minimum atomic E-state index is -3.54. The lowest BCUT2D eigenvalue weighted by molar-refractivity contribution is -0.159. The monoisotopic (exact) mass is 472 g/mol. The summed E-state index contributed by atoms with van der Waals surface area (Å²) >= 11 is 0. The third kappa shape index (κ3) is 8.19. The second-order valence-electron chi connectivity index (χ2n) is 7.30. The average molecular weight is 473 g/mol. The summed E-state index contributed by atoms with van der Waals surface area (Å²) in [5.74, 6) is -3.76. The topological polar surface area (TPSA) is 148 Å². The van der Waals surface area contributed by atoms with Crippen molar-refractivity contribution in [2.75, 3.05) is 58.2 Å². The molecule has 0 aliphatic carbocycles. The first kappa shape index (κ1) is 27.5. The van der Waals surface area contributed by atoms with E-state index in [-0.39, 0.29) is 10.8 Å². The highest BCUT2D eigenvalue weighted by Crippen LogP contribution is 2.23. The van der Waals surface area contributed by atoms with Gasteiger partial charge in [0.2, 0.25) is 15.9 Å². The Morgan fingerprint density at radius 3 is 2.03 bits per heavy atom. The molecule has 3 N–H and O–H groups in total. The van der Waals surface area contributed by atoms with Gasteiger partial charge in [-0.1, -0.05) is 19.9 Å². The van der Waals surface area contributed by atoms with Crippen LogP contribution in [0.15, 0.2) is 23.1 Å². The summed E-state index contributed by atoms with van der Waals surface area (Å²) < 4.78 is 26.8. The summed E-state index contributed by atoms with van der Waals surface area (Å²) in [5.41, 5.74) is 1.40. The van der Waals surface area contributed by atoms with Gasteiger partial charge in [0.25, 0.3) is 0 Å². The van der Waals surface area contributed by atoms with Gasteiger partial charge in [-0.3, -0.25) is 9.69 Å². The van der Waals surface area contributed by atoms with E-state index in [1.54, 1.807) is 18.2 Å². The summed E-state index contributed by atoms with van der Waals surface area (Å²) in [6, 6.07) is 4.89. The minimum Gasteiger partial charge on any atom is -0.473 e. The van der Waals surface area contributed by atoms with Gasteiger partial charge in [-0.2, -0.15) is 4.31 Å². The van der Waals surface area contributed by atoms with Crippen LogP contribution in [-0.4, -0.2) is 103 Å². The fraction of sp³-hybridized carbons (Fsp3) is 0.550. The Labute approximate surface area is 188 Å². The first-order chi connectivity index (χ1) is 14.9. The van der Waals surface area contributed by atoms with E-state index in [9.17, 15) is 13.2 Å². The molecule has 1 fully saturated rings. The van der Waals surface area contributed by atoms with Crippen molar-refractivity contribution in [1.82, 2.24) is 14.1 Å². The predicted molar refractivity (Wildman–Crippen MR) is 119 cm³/mol. The van der Waals surface area contributed by atoms with Crippen LogP contribution in [0.2, 0.25) is 0 Å². The number of hydrogen-bond donors (Lipinski definition) is 3. The minimum absolute atomic E-state index is 0.116. The van der Waals surface area contributed by atoms with E-state index < -0.39 is 22.0 Å². The maximum Gasteiger partial charge on any atom is 0.414 e. The number of anilines is 1. The molecule has 1 heterocycles. The molecule has 1 aliphatic heterocycles. The predicted octanol–water partition coefficient (Wildman–Crippen LogP) is 0.367. The van der Waals surface area contributed by atoms with Crippen LogP contribution in [0.3, 0.4) is 0 Å². The highest BCUT2D eigenvalue weighted by atomic mass is 32.2. The Hall–Kier alpha value is -2.54. The lowest BCUT2D eigenvalue weighted by Gasteiger charge is -2.31. The van der Waals surface area contributed by atoms with E-state index in [1.165, 1.54) is 4.31 Å². The molecule has 1 saturated heterocycles. The van der Waals surface area contributed by atoms with Crippen LogP contribution >= 0.6 is 0 Å². The molecule has 0 radical (unpaired) electrons. The number of carboxylic acids is 2. The van der Waals surface area contributed by atoms with E-state index in [0.717, 1.165) is 31.7 Å². The van der Waals surface area contributed by atoms with Gasteiger partial charge < -0.3 is 20.4 Å². The molecule has 2 rings (SSSR count). The van der Waals surface area contributed by atoms with E-state index >= 15 is 0 Å². The van der Waals surface area contributed by atoms with Gasteiger partial charge in [0.15, 0.2) is 0 Å². The number of aliphatic carboxylic acids is 2. The van der Waals surface area contributed by atoms with Crippen LogP contribution < -0.4 is 5.32 Å². The molecule has 0 atom stereocenters. The molecule has 0 unspecified atom stereocenters. The molecule has 32 heavy (non-hydrogen) atoms. The van der Waals surface area contributed by atoms with Crippen LogP contribution in [0.1, 0.15) is 19.4 Å². The number of likely N-dealkylation sites (N-methyl/N-ethyl adjacent to an activating group) is 1. The van der Waals surface area contributed by atoms with Crippen molar-refractivity contribution in [1.29, 1.82) is 0 Å². The van der Waals surface area contributed by atoms with E-state index in [1.807, 2.05) is 20.8 Å². The molecular weight excluding hydrogens is 440 g/mol. The molecule has 0 bridgehead atoms. The Balaban J connectivity index is 0.000000751. The number of hydrogen-bond acceptors (Lipinski definition) is 7. The molecule has 11 nitrogen and oxygen atoms in total. The number of piperazine rings is 1. The van der Waals surface area contributed by atoms with E-state index in [2.05, 4.69) is 22.2 Å². The highest BCUT2D eigenvalue weighted by molar-refractivity contribution is 7.89. The second kappa shape index (κ2) is 12.5. The van der Waals surface area contributed by atoms with Crippen molar-refractivity contribution in [2.45, 2.75) is 25.7 Å². The van der Waals surface area contributed by atoms with Crippen molar-refractivity contribution >= 4 is 33.6 Å². The standard InChI is InChI=1S/C18H30N4O3S.C2H2O4/c1-5-22(6-2)26(24,25)16-8-7-15(3)17(13-16)19-18(23)14-21-11-9-20(4)10-12-21;3-1(4)2(5)6/h7-8,13H,5-6,9-12,14H2,1-4H3,(H,19,23);(H,3,4)(H,5,6). The Kier molecular flexibility index (Phi) is 10.7. The number of carboxylic acid groups (broad SMARTS) is 2. The maximum atomic E-state index is 12.7. The fourth-order valence-electron chi connectivity index (χ4n) is 3.01. The number of sulfonamides is 1.